The van der Waals surface area contributed by atoms with Gasteiger partial charge in [-0.25, -0.2) is 0 Å². The third-order valence-corrected chi connectivity index (χ3v) is 10.7. The minimum atomic E-state index is -0.448. The van der Waals surface area contributed by atoms with Crippen LogP contribution in [0.15, 0.2) is 170 Å². The molecular formula is C48H28BNO2. The van der Waals surface area contributed by atoms with Gasteiger partial charge in [-0.3, -0.25) is 0 Å². The van der Waals surface area contributed by atoms with Crippen LogP contribution in [0.2, 0.25) is 0 Å². The molecule has 240 valence electrons. The molecule has 0 bridgehead atoms. The molecule has 0 spiro atoms. The Morgan fingerprint density at radius 2 is 1.00 bits per heavy atom. The maximum Gasteiger partial charge on any atom is 0.260 e. The van der Waals surface area contributed by atoms with Crippen LogP contribution in [0.4, 0.5) is 0 Å². The predicted octanol–water partition coefficient (Wildman–Crippen LogP) is 10.6. The minimum Gasteiger partial charge on any atom is -0.458 e. The van der Waals surface area contributed by atoms with Crippen molar-refractivity contribution < 1.29 is 19.1 Å². The van der Waals surface area contributed by atoms with E-state index >= 15 is 0 Å². The summed E-state index contributed by atoms with van der Waals surface area (Å²) in [6.45, 7) is -0.189. The van der Waals surface area contributed by atoms with E-state index in [9.17, 15) is 6.85 Å². The lowest BCUT2D eigenvalue weighted by Gasteiger charge is -2.33. The molecule has 0 N–H and O–H groups in total. The first-order valence-electron chi connectivity index (χ1n) is 20.8. The van der Waals surface area contributed by atoms with E-state index in [0.717, 1.165) is 48.7 Å². The maximum absolute atomic E-state index is 9.87. The van der Waals surface area contributed by atoms with E-state index in [4.69, 9.17) is 12.2 Å². The van der Waals surface area contributed by atoms with E-state index in [2.05, 4.69) is 24.3 Å². The predicted molar refractivity (Wildman–Crippen MR) is 216 cm³/mol. The van der Waals surface area contributed by atoms with Crippen LogP contribution in [-0.2, 0) is 0 Å². The first-order chi connectivity index (χ1) is 28.7. The van der Waals surface area contributed by atoms with Crippen molar-refractivity contribution in [3.63, 3.8) is 0 Å². The quantitative estimate of drug-likeness (QED) is 0.135. The zero-order valence-electron chi connectivity index (χ0n) is 34.5. The fraction of sp³-hybridized carbons (Fsp3) is 0. The largest absolute Gasteiger partial charge is 0.458 e. The molecule has 0 unspecified atom stereocenters. The second-order valence-corrected chi connectivity index (χ2v) is 13.5. The average Bonchev–Trinajstić information content (AvgIpc) is 3.64. The van der Waals surface area contributed by atoms with Crippen molar-refractivity contribution in [3.05, 3.63) is 170 Å². The van der Waals surface area contributed by atoms with E-state index in [-0.39, 0.29) is 64.3 Å². The van der Waals surface area contributed by atoms with Crippen LogP contribution < -0.4 is 25.9 Å². The second-order valence-electron chi connectivity index (χ2n) is 13.5. The fourth-order valence-corrected chi connectivity index (χ4v) is 8.49. The Labute approximate surface area is 309 Å². The highest BCUT2D eigenvalue weighted by atomic mass is 16.5. The summed E-state index contributed by atoms with van der Waals surface area (Å²) >= 11 is 0. The van der Waals surface area contributed by atoms with E-state index < -0.39 is 12.1 Å². The monoisotopic (exact) mass is 668 g/mol. The highest BCUT2D eigenvalue weighted by Gasteiger charge is 2.40. The molecule has 0 saturated heterocycles. The van der Waals surface area contributed by atoms with Gasteiger partial charge < -0.3 is 14.0 Å². The number of para-hydroxylation sites is 3. The number of ether oxygens (including phenoxy) is 2. The molecule has 2 aliphatic heterocycles. The SMILES string of the molecule is [2H]c1c([2H])c([2H])c2c(c1[2H])c1c([2H])c(-c3ccc4c5ccccc5c5ccccc5c4c3)c([2H])c([2H])c1n2-c1cc2c3c(c1)Oc1ccccc1B3c1ccccc1O2. The average molecular weight is 669 g/mol. The molecule has 3 heterocycles. The second kappa shape index (κ2) is 10.4. The van der Waals surface area contributed by atoms with E-state index in [1.54, 1.807) is 16.7 Å². The van der Waals surface area contributed by atoms with Crippen LogP contribution in [0, 0.1) is 0 Å². The van der Waals surface area contributed by atoms with Crippen molar-refractivity contribution in [3.8, 4) is 39.8 Å². The van der Waals surface area contributed by atoms with Gasteiger partial charge in [-0.05, 0) is 90.7 Å². The van der Waals surface area contributed by atoms with Gasteiger partial charge in [0.25, 0.3) is 6.71 Å². The Morgan fingerprint density at radius 3 is 1.67 bits per heavy atom. The van der Waals surface area contributed by atoms with Crippen LogP contribution in [0.1, 0.15) is 9.60 Å². The lowest BCUT2D eigenvalue weighted by atomic mass is 9.35. The summed E-state index contributed by atoms with van der Waals surface area (Å²) in [6, 6.07) is 39.5. The Balaban J connectivity index is 1.17. The van der Waals surface area contributed by atoms with Gasteiger partial charge in [0.2, 0.25) is 0 Å². The lowest BCUT2D eigenvalue weighted by Crippen LogP contribution is -2.57. The number of nitrogens with zero attached hydrogens (tertiary/aromatic N) is 1. The maximum atomic E-state index is 9.87. The van der Waals surface area contributed by atoms with Crippen molar-refractivity contribution in [1.29, 1.82) is 0 Å². The van der Waals surface area contributed by atoms with Gasteiger partial charge in [-0.15, -0.1) is 0 Å². The number of aromatic nitrogens is 1. The molecule has 0 amide bonds. The zero-order valence-corrected chi connectivity index (χ0v) is 27.5. The molecular weight excluding hydrogens is 633 g/mol. The molecule has 12 rings (SSSR count). The summed E-state index contributed by atoms with van der Waals surface area (Å²) < 4.78 is 79.9. The first-order valence-corrected chi connectivity index (χ1v) is 17.3. The highest BCUT2D eigenvalue weighted by molar-refractivity contribution is 6.98. The number of benzene rings is 9. The Bertz CT molecular complexity index is 3460. The Morgan fingerprint density at radius 1 is 0.442 bits per heavy atom. The fourth-order valence-electron chi connectivity index (χ4n) is 8.49. The summed E-state index contributed by atoms with van der Waals surface area (Å²) in [5.41, 5.74) is 4.20. The Hall–Kier alpha value is -6.78. The molecule has 0 fully saturated rings. The lowest BCUT2D eigenvalue weighted by molar-refractivity contribution is 0.464. The smallest absolute Gasteiger partial charge is 0.260 e. The molecule has 10 aromatic rings. The van der Waals surface area contributed by atoms with Crippen LogP contribution >= 0.6 is 0 Å². The minimum absolute atomic E-state index is 0.0941. The molecule has 9 aromatic carbocycles. The summed E-state index contributed by atoms with van der Waals surface area (Å²) in [7, 11) is 0. The molecule has 2 aliphatic rings. The molecule has 52 heavy (non-hydrogen) atoms. The Kier molecular flexibility index (Phi) is 4.42. The molecule has 0 atom stereocenters. The van der Waals surface area contributed by atoms with Crippen molar-refractivity contribution in [2.75, 3.05) is 0 Å². The van der Waals surface area contributed by atoms with Gasteiger partial charge >= 0.3 is 0 Å². The van der Waals surface area contributed by atoms with Crippen molar-refractivity contribution in [2.24, 2.45) is 0 Å². The third kappa shape index (κ3) is 3.81. The van der Waals surface area contributed by atoms with E-state index in [0.29, 0.717) is 34.2 Å². The topological polar surface area (TPSA) is 23.4 Å². The van der Waals surface area contributed by atoms with Crippen molar-refractivity contribution >= 4 is 77.2 Å². The summed E-state index contributed by atoms with van der Waals surface area (Å²) in [4.78, 5) is 0. The highest BCUT2D eigenvalue weighted by Crippen LogP contribution is 2.42. The van der Waals surface area contributed by atoms with Gasteiger partial charge in [0, 0.05) is 28.4 Å². The molecule has 0 saturated carbocycles. The van der Waals surface area contributed by atoms with Crippen molar-refractivity contribution in [2.45, 2.75) is 0 Å². The standard InChI is InChI=1S/C48H28BNO2/c1-2-13-34-32(11-1)33-12-3-4-14-35(33)38-25-29(21-23-36(34)38)30-22-24-43-39(26-30)37-15-5-8-18-42(37)50(43)31-27-46-48-47(28-31)52-45-20-10-7-17-41(45)49(48)40-16-6-9-19-44(40)51-46/h1-28H/i5D,8D,15D,18D,22D,24D,26D. The van der Waals surface area contributed by atoms with E-state index in [1.807, 2.05) is 91.0 Å². The van der Waals surface area contributed by atoms with E-state index in [1.165, 1.54) is 0 Å². The zero-order chi connectivity index (χ0) is 40.0. The number of hydrogen-bond acceptors (Lipinski definition) is 2. The first kappa shape index (κ1) is 22.1. The van der Waals surface area contributed by atoms with Gasteiger partial charge in [-0.1, -0.05) is 121 Å². The normalized spacial score (nSPS) is 14.8. The number of rotatable bonds is 2. The van der Waals surface area contributed by atoms with Crippen LogP contribution in [0.3, 0.4) is 0 Å². The summed E-state index contributed by atoms with van der Waals surface area (Å²) in [5.74, 6) is 2.36. The number of fused-ring (bicyclic) bond motifs is 13. The van der Waals surface area contributed by atoms with Gasteiger partial charge in [0.1, 0.15) is 23.0 Å². The summed E-state index contributed by atoms with van der Waals surface area (Å²) in [6.07, 6.45) is 0. The van der Waals surface area contributed by atoms with Gasteiger partial charge in [-0.2, -0.15) is 0 Å². The van der Waals surface area contributed by atoms with Crippen LogP contribution in [0.25, 0.3) is 70.9 Å². The molecule has 0 radical (unpaired) electrons. The molecule has 3 nitrogen and oxygen atoms in total. The molecule has 0 aliphatic carbocycles. The van der Waals surface area contributed by atoms with Gasteiger partial charge in [0.15, 0.2) is 0 Å². The van der Waals surface area contributed by atoms with Crippen molar-refractivity contribution in [1.82, 2.24) is 4.57 Å². The van der Waals surface area contributed by atoms with Crippen LogP contribution in [-0.4, -0.2) is 11.3 Å². The third-order valence-electron chi connectivity index (χ3n) is 10.7. The van der Waals surface area contributed by atoms with Crippen LogP contribution in [0.5, 0.6) is 23.0 Å². The molecule has 1 aromatic heterocycles. The molecule has 4 heteroatoms. The summed E-state index contributed by atoms with van der Waals surface area (Å²) in [5, 5.41) is 6.53. The van der Waals surface area contributed by atoms with Gasteiger partial charge in [0.05, 0.1) is 26.3 Å². The number of hydrogen-bond donors (Lipinski definition) is 0.